The fourth-order valence-corrected chi connectivity index (χ4v) is 5.36. The number of benzene rings is 1. The molecule has 1 saturated heterocycles. The minimum absolute atomic E-state index is 0.388. The highest BCUT2D eigenvalue weighted by Gasteiger charge is 2.27. The van der Waals surface area contributed by atoms with Gasteiger partial charge in [-0.25, -0.2) is 4.98 Å². The Bertz CT molecular complexity index is 1040. The molecule has 0 radical (unpaired) electrons. The molecule has 4 heterocycles. The van der Waals surface area contributed by atoms with Crippen molar-refractivity contribution in [3.05, 3.63) is 64.0 Å². The first-order valence-electron chi connectivity index (χ1n) is 12.0. The Morgan fingerprint density at radius 2 is 1.73 bits per heavy atom. The molecule has 2 aliphatic heterocycles. The smallest absolute Gasteiger partial charge is 0.227 e. The molecule has 0 atom stereocenters. The van der Waals surface area contributed by atoms with Gasteiger partial charge in [-0.15, -0.1) is 0 Å². The Kier molecular flexibility index (Phi) is 6.51. The van der Waals surface area contributed by atoms with Crippen LogP contribution in [0.25, 0.3) is 0 Å². The first kappa shape index (κ1) is 22.2. The molecule has 0 N–H and O–H groups in total. The van der Waals surface area contributed by atoms with Crippen LogP contribution in [-0.4, -0.2) is 60.7 Å². The molecule has 1 aromatic carbocycles. The highest BCUT2D eigenvalue weighted by Crippen LogP contribution is 2.31. The number of rotatable bonds is 6. The van der Waals surface area contributed by atoms with Gasteiger partial charge >= 0.3 is 0 Å². The number of anilines is 3. The van der Waals surface area contributed by atoms with E-state index in [4.69, 9.17) is 9.97 Å². The average molecular weight is 463 g/mol. The van der Waals surface area contributed by atoms with Crippen LogP contribution in [0.15, 0.2) is 47.2 Å². The molecule has 0 bridgehead atoms. The van der Waals surface area contributed by atoms with E-state index in [1.54, 1.807) is 11.3 Å². The third kappa shape index (κ3) is 4.84. The van der Waals surface area contributed by atoms with Crippen molar-refractivity contribution in [3.63, 3.8) is 0 Å². The number of piperazine rings is 1. The summed E-state index contributed by atoms with van der Waals surface area (Å²) in [5.41, 5.74) is 5.24. The van der Waals surface area contributed by atoms with Crippen molar-refractivity contribution in [1.82, 2.24) is 14.9 Å². The number of aromatic nitrogens is 2. The van der Waals surface area contributed by atoms with E-state index in [0.717, 1.165) is 64.0 Å². The number of hydrogen-bond donors (Lipinski definition) is 0. The van der Waals surface area contributed by atoms with Crippen LogP contribution in [0.5, 0.6) is 0 Å². The molecule has 0 aliphatic carbocycles. The van der Waals surface area contributed by atoms with Crippen molar-refractivity contribution in [2.45, 2.75) is 39.4 Å². The lowest BCUT2D eigenvalue weighted by Gasteiger charge is -2.38. The van der Waals surface area contributed by atoms with Gasteiger partial charge in [0.25, 0.3) is 0 Å². The summed E-state index contributed by atoms with van der Waals surface area (Å²) in [5.74, 6) is 2.00. The van der Waals surface area contributed by atoms with E-state index in [2.05, 4.69) is 87.7 Å². The van der Waals surface area contributed by atoms with Crippen molar-refractivity contribution >= 4 is 28.8 Å². The quantitative estimate of drug-likeness (QED) is 0.545. The summed E-state index contributed by atoms with van der Waals surface area (Å²) in [4.78, 5) is 19.9. The van der Waals surface area contributed by atoms with E-state index >= 15 is 0 Å². The number of fused-ring (bicyclic) bond motifs is 1. The summed E-state index contributed by atoms with van der Waals surface area (Å²) in [6.07, 6.45) is 0.984. The Morgan fingerprint density at radius 1 is 0.970 bits per heavy atom. The van der Waals surface area contributed by atoms with E-state index < -0.39 is 0 Å². The molecule has 5 rings (SSSR count). The van der Waals surface area contributed by atoms with Crippen molar-refractivity contribution in [1.29, 1.82) is 0 Å². The lowest BCUT2D eigenvalue weighted by atomic mass is 10.0. The lowest BCUT2D eigenvalue weighted by molar-refractivity contribution is 0.243. The van der Waals surface area contributed by atoms with E-state index in [1.807, 2.05) is 0 Å². The molecule has 0 amide bonds. The molecule has 6 nitrogen and oxygen atoms in total. The lowest BCUT2D eigenvalue weighted by Crippen LogP contribution is -2.47. The maximum atomic E-state index is 5.16. The Balaban J connectivity index is 1.37. The molecule has 7 heteroatoms. The Hall–Kier alpha value is -2.64. The summed E-state index contributed by atoms with van der Waals surface area (Å²) in [6, 6.07) is 13.3. The van der Waals surface area contributed by atoms with E-state index in [1.165, 1.54) is 22.5 Å². The van der Waals surface area contributed by atoms with Crippen LogP contribution in [0.1, 0.15) is 30.7 Å². The summed E-state index contributed by atoms with van der Waals surface area (Å²) in [7, 11) is 2.17. The van der Waals surface area contributed by atoms with Gasteiger partial charge in [0.05, 0.1) is 5.69 Å². The molecule has 174 valence electrons. The van der Waals surface area contributed by atoms with Crippen LogP contribution in [0.3, 0.4) is 0 Å². The van der Waals surface area contributed by atoms with E-state index in [9.17, 15) is 0 Å². The number of hydrogen-bond acceptors (Lipinski definition) is 7. The van der Waals surface area contributed by atoms with Crippen LogP contribution in [0.2, 0.25) is 0 Å². The second-order valence-corrected chi connectivity index (χ2v) is 10.2. The summed E-state index contributed by atoms with van der Waals surface area (Å²) < 4.78 is 0. The third-order valence-corrected chi connectivity index (χ3v) is 7.62. The minimum atomic E-state index is 0.388. The summed E-state index contributed by atoms with van der Waals surface area (Å²) in [5, 5.41) is 4.42. The van der Waals surface area contributed by atoms with Gasteiger partial charge in [0, 0.05) is 76.6 Å². The normalized spacial score (nSPS) is 16.8. The third-order valence-electron chi connectivity index (χ3n) is 6.88. The monoisotopic (exact) mass is 462 g/mol. The first-order chi connectivity index (χ1) is 16.1. The zero-order valence-electron chi connectivity index (χ0n) is 19.9. The highest BCUT2D eigenvalue weighted by molar-refractivity contribution is 7.07. The predicted molar refractivity (Wildman–Crippen MR) is 139 cm³/mol. The number of thiophene rings is 1. The van der Waals surface area contributed by atoms with Crippen molar-refractivity contribution < 1.29 is 0 Å². The Labute approximate surface area is 201 Å². The van der Waals surface area contributed by atoms with E-state index in [-0.39, 0.29) is 0 Å². The van der Waals surface area contributed by atoms with Crippen LogP contribution in [-0.2, 0) is 19.5 Å². The highest BCUT2D eigenvalue weighted by atomic mass is 32.1. The number of nitrogens with zero attached hydrogens (tertiary/aromatic N) is 6. The van der Waals surface area contributed by atoms with Gasteiger partial charge in [0.15, 0.2) is 0 Å². The van der Waals surface area contributed by atoms with Gasteiger partial charge in [-0.1, -0.05) is 18.2 Å². The molecular formula is C26H34N6S. The second kappa shape index (κ2) is 9.69. The minimum Gasteiger partial charge on any atom is -0.368 e. The first-order valence-corrected chi connectivity index (χ1v) is 12.9. The zero-order valence-corrected chi connectivity index (χ0v) is 20.8. The molecule has 0 saturated carbocycles. The predicted octanol–water partition coefficient (Wildman–Crippen LogP) is 4.27. The van der Waals surface area contributed by atoms with E-state index in [0.29, 0.717) is 6.04 Å². The van der Waals surface area contributed by atoms with Crippen molar-refractivity contribution in [2.75, 3.05) is 54.5 Å². The maximum Gasteiger partial charge on any atom is 0.227 e. The van der Waals surface area contributed by atoms with Crippen LogP contribution in [0.4, 0.5) is 17.5 Å². The molecule has 0 unspecified atom stereocenters. The molecular weight excluding hydrogens is 428 g/mol. The average Bonchev–Trinajstić information content (AvgIpc) is 3.36. The van der Waals surface area contributed by atoms with Gasteiger partial charge in [-0.3, -0.25) is 4.90 Å². The van der Waals surface area contributed by atoms with Crippen LogP contribution >= 0.6 is 11.3 Å². The Morgan fingerprint density at radius 3 is 2.42 bits per heavy atom. The van der Waals surface area contributed by atoms with Crippen molar-refractivity contribution in [3.8, 4) is 0 Å². The summed E-state index contributed by atoms with van der Waals surface area (Å²) >= 11 is 1.77. The van der Waals surface area contributed by atoms with Crippen molar-refractivity contribution in [2.24, 2.45) is 0 Å². The molecule has 2 aromatic heterocycles. The SMILES string of the molecule is CC(C)N(C)c1nc(N2CCN(c3ccccc3)CC2)nc2c1CN(Cc1ccsc1)CC2. The largest absolute Gasteiger partial charge is 0.368 e. The van der Waals surface area contributed by atoms with Gasteiger partial charge in [0.2, 0.25) is 5.95 Å². The standard InChI is InChI=1S/C26H34N6S/c1-20(2)29(3)25-23-18-30(17-21-10-16-33-19-21)11-9-24(23)27-26(28-25)32-14-12-31(13-15-32)22-7-5-4-6-8-22/h4-8,10,16,19-20H,9,11-15,17-18H2,1-3H3. The maximum absolute atomic E-state index is 5.16. The molecule has 1 fully saturated rings. The van der Waals surface area contributed by atoms with Gasteiger partial charge in [-0.05, 0) is 48.4 Å². The molecule has 3 aromatic rings. The molecule has 2 aliphatic rings. The molecule has 0 spiro atoms. The van der Waals surface area contributed by atoms with Crippen LogP contribution in [0, 0.1) is 0 Å². The zero-order chi connectivity index (χ0) is 22.8. The fraction of sp³-hybridized carbons (Fsp3) is 0.462. The van der Waals surface area contributed by atoms with Crippen LogP contribution < -0.4 is 14.7 Å². The fourth-order valence-electron chi connectivity index (χ4n) is 4.70. The summed E-state index contributed by atoms with van der Waals surface area (Å²) in [6.45, 7) is 11.3. The number of para-hydroxylation sites is 1. The topological polar surface area (TPSA) is 38.7 Å². The molecule has 33 heavy (non-hydrogen) atoms. The van der Waals surface area contributed by atoms with Gasteiger partial charge in [-0.2, -0.15) is 16.3 Å². The van der Waals surface area contributed by atoms with Gasteiger partial charge in [0.1, 0.15) is 5.82 Å². The second-order valence-electron chi connectivity index (χ2n) is 9.38. The van der Waals surface area contributed by atoms with Gasteiger partial charge < -0.3 is 14.7 Å².